The van der Waals surface area contributed by atoms with Gasteiger partial charge in [-0.3, -0.25) is 0 Å². The van der Waals surface area contributed by atoms with Gasteiger partial charge in [-0.2, -0.15) is 0 Å². The summed E-state index contributed by atoms with van der Waals surface area (Å²) in [5.41, 5.74) is 9.07. The molecule has 0 amide bonds. The lowest BCUT2D eigenvalue weighted by Gasteiger charge is -2.14. The van der Waals surface area contributed by atoms with Gasteiger partial charge in [-0.05, 0) is 54.2 Å². The van der Waals surface area contributed by atoms with Crippen molar-refractivity contribution in [3.05, 3.63) is 39.6 Å². The molecule has 20 heavy (non-hydrogen) atoms. The zero-order valence-electron chi connectivity index (χ0n) is 11.6. The number of hydrogen-bond donors (Lipinski definition) is 2. The average Bonchev–Trinajstić information content (AvgIpc) is 3.24. The van der Waals surface area contributed by atoms with E-state index in [9.17, 15) is 0 Å². The van der Waals surface area contributed by atoms with Crippen molar-refractivity contribution in [3.63, 3.8) is 0 Å². The lowest BCUT2D eigenvalue weighted by Crippen LogP contribution is -2.06. The third kappa shape index (κ3) is 2.50. The van der Waals surface area contributed by atoms with Gasteiger partial charge in [0, 0.05) is 16.0 Å². The van der Waals surface area contributed by atoms with Crippen LogP contribution in [0.15, 0.2) is 22.7 Å². The summed E-state index contributed by atoms with van der Waals surface area (Å²) in [6, 6.07) is 6.10. The molecule has 3 N–H and O–H groups in total. The number of nitrogens with two attached hydrogens (primary N) is 1. The molecule has 1 aliphatic rings. The van der Waals surface area contributed by atoms with Crippen molar-refractivity contribution >= 4 is 33.3 Å². The molecule has 0 aliphatic heterocycles. The molecule has 1 saturated carbocycles. The Morgan fingerprint density at radius 3 is 2.70 bits per heavy atom. The molecule has 104 valence electrons. The Hall–Kier alpha value is -1.62. The molecular formula is C15H17BrN4. The molecule has 0 saturated heterocycles. The fourth-order valence-electron chi connectivity index (χ4n) is 2.07. The summed E-state index contributed by atoms with van der Waals surface area (Å²) in [5.74, 6) is 2.71. The lowest BCUT2D eigenvalue weighted by atomic mass is 10.2. The Bertz CT molecular complexity index is 665. The first-order valence-electron chi connectivity index (χ1n) is 6.72. The Labute approximate surface area is 127 Å². The van der Waals surface area contributed by atoms with Gasteiger partial charge >= 0.3 is 0 Å². The zero-order chi connectivity index (χ0) is 14.3. The van der Waals surface area contributed by atoms with Crippen LogP contribution in [0, 0.1) is 13.8 Å². The van der Waals surface area contributed by atoms with Crippen LogP contribution in [-0.2, 0) is 0 Å². The number of halogens is 1. The Morgan fingerprint density at radius 2 is 2.00 bits per heavy atom. The lowest BCUT2D eigenvalue weighted by molar-refractivity contribution is 0.927. The molecule has 3 rings (SSSR count). The number of nitrogens with zero attached hydrogens (tertiary/aromatic N) is 2. The number of aryl methyl sites for hydroxylation is 1. The van der Waals surface area contributed by atoms with Crippen molar-refractivity contribution < 1.29 is 0 Å². The Kier molecular flexibility index (Phi) is 3.38. The number of nitrogens with one attached hydrogen (secondary N) is 1. The van der Waals surface area contributed by atoms with E-state index < -0.39 is 0 Å². The van der Waals surface area contributed by atoms with Gasteiger partial charge in [0.2, 0.25) is 0 Å². The fourth-order valence-corrected chi connectivity index (χ4v) is 2.43. The van der Waals surface area contributed by atoms with E-state index in [0.29, 0.717) is 11.7 Å². The van der Waals surface area contributed by atoms with Crippen LogP contribution in [0.25, 0.3) is 0 Å². The summed E-state index contributed by atoms with van der Waals surface area (Å²) >= 11 is 3.60. The van der Waals surface area contributed by atoms with E-state index in [2.05, 4.69) is 44.2 Å². The van der Waals surface area contributed by atoms with Gasteiger partial charge < -0.3 is 11.1 Å². The molecule has 0 unspecified atom stereocenters. The van der Waals surface area contributed by atoms with Crippen LogP contribution in [0.5, 0.6) is 0 Å². The summed E-state index contributed by atoms with van der Waals surface area (Å²) in [4.78, 5) is 9.03. The van der Waals surface area contributed by atoms with Crippen molar-refractivity contribution in [1.82, 2.24) is 9.97 Å². The number of anilines is 3. The number of benzene rings is 1. The van der Waals surface area contributed by atoms with E-state index >= 15 is 0 Å². The maximum Gasteiger partial charge on any atom is 0.139 e. The monoisotopic (exact) mass is 332 g/mol. The molecule has 1 heterocycles. The minimum atomic E-state index is 0.486. The van der Waals surface area contributed by atoms with Gasteiger partial charge in [-0.15, -0.1) is 0 Å². The van der Waals surface area contributed by atoms with Crippen LogP contribution >= 0.6 is 15.9 Å². The molecule has 0 bridgehead atoms. The predicted octanol–water partition coefficient (Wildman–Crippen LogP) is 4.06. The number of aromatic nitrogens is 2. The van der Waals surface area contributed by atoms with Gasteiger partial charge in [-0.25, -0.2) is 9.97 Å². The molecule has 1 aliphatic carbocycles. The second-order valence-corrected chi connectivity index (χ2v) is 6.07. The Balaban J connectivity index is 1.99. The second-order valence-electron chi connectivity index (χ2n) is 5.28. The van der Waals surface area contributed by atoms with Crippen molar-refractivity contribution in [2.24, 2.45) is 0 Å². The smallest absolute Gasteiger partial charge is 0.139 e. The molecule has 0 radical (unpaired) electrons. The summed E-state index contributed by atoms with van der Waals surface area (Å²) in [5, 5.41) is 3.37. The van der Waals surface area contributed by atoms with E-state index in [1.165, 1.54) is 5.56 Å². The highest BCUT2D eigenvalue weighted by molar-refractivity contribution is 9.10. The first-order valence-corrected chi connectivity index (χ1v) is 7.51. The molecule has 4 nitrogen and oxygen atoms in total. The van der Waals surface area contributed by atoms with Crippen molar-refractivity contribution in [2.75, 3.05) is 11.1 Å². The molecule has 1 aromatic carbocycles. The van der Waals surface area contributed by atoms with Gasteiger partial charge in [0.25, 0.3) is 0 Å². The maximum atomic E-state index is 6.01. The van der Waals surface area contributed by atoms with Gasteiger partial charge in [-0.1, -0.05) is 12.1 Å². The number of rotatable bonds is 3. The highest BCUT2D eigenvalue weighted by Gasteiger charge is 2.28. The third-order valence-electron chi connectivity index (χ3n) is 3.59. The van der Waals surface area contributed by atoms with E-state index in [1.807, 2.05) is 19.1 Å². The maximum absolute atomic E-state index is 6.01. The largest absolute Gasteiger partial charge is 0.383 e. The summed E-state index contributed by atoms with van der Waals surface area (Å²) in [6.07, 6.45) is 2.33. The number of nitrogen functional groups attached to an aromatic ring is 1. The van der Waals surface area contributed by atoms with Crippen LogP contribution in [-0.4, -0.2) is 9.97 Å². The standard InChI is InChI=1S/C15H17BrN4/c1-8-4-3-5-11(12(8)16)18-14-9(2)13(17)19-15(20-14)10-6-7-10/h3-5,10H,6-7H2,1-2H3,(H3,17,18,19,20). The van der Waals surface area contributed by atoms with E-state index in [4.69, 9.17) is 5.73 Å². The quantitative estimate of drug-likeness (QED) is 0.889. The first-order chi connectivity index (χ1) is 9.56. The Morgan fingerprint density at radius 1 is 1.25 bits per heavy atom. The summed E-state index contributed by atoms with van der Waals surface area (Å²) in [7, 11) is 0. The minimum Gasteiger partial charge on any atom is -0.383 e. The molecule has 2 aromatic rings. The van der Waals surface area contributed by atoms with Crippen molar-refractivity contribution in [1.29, 1.82) is 0 Å². The predicted molar refractivity (Wildman–Crippen MR) is 85.3 cm³/mol. The summed E-state index contributed by atoms with van der Waals surface area (Å²) < 4.78 is 1.05. The topological polar surface area (TPSA) is 63.8 Å². The van der Waals surface area contributed by atoms with E-state index in [1.54, 1.807) is 0 Å². The van der Waals surface area contributed by atoms with Gasteiger partial charge in [0.1, 0.15) is 17.5 Å². The van der Waals surface area contributed by atoms with Crippen LogP contribution in [0.4, 0.5) is 17.3 Å². The minimum absolute atomic E-state index is 0.486. The van der Waals surface area contributed by atoms with Crippen LogP contribution in [0.1, 0.15) is 35.7 Å². The van der Waals surface area contributed by atoms with Gasteiger partial charge in [0.05, 0.1) is 5.69 Å². The van der Waals surface area contributed by atoms with E-state index in [-0.39, 0.29) is 0 Å². The molecule has 1 aromatic heterocycles. The molecule has 5 heteroatoms. The molecule has 0 atom stereocenters. The average molecular weight is 333 g/mol. The fraction of sp³-hybridized carbons (Fsp3) is 0.333. The first kappa shape index (κ1) is 13.4. The van der Waals surface area contributed by atoms with Crippen LogP contribution < -0.4 is 11.1 Å². The van der Waals surface area contributed by atoms with Crippen molar-refractivity contribution in [3.8, 4) is 0 Å². The van der Waals surface area contributed by atoms with Crippen LogP contribution in [0.3, 0.4) is 0 Å². The third-order valence-corrected chi connectivity index (χ3v) is 4.64. The van der Waals surface area contributed by atoms with Crippen LogP contribution in [0.2, 0.25) is 0 Å². The van der Waals surface area contributed by atoms with Gasteiger partial charge in [0.15, 0.2) is 0 Å². The molecular weight excluding hydrogens is 316 g/mol. The van der Waals surface area contributed by atoms with Crippen molar-refractivity contribution in [2.45, 2.75) is 32.6 Å². The molecule has 1 fully saturated rings. The highest BCUT2D eigenvalue weighted by Crippen LogP contribution is 2.39. The zero-order valence-corrected chi connectivity index (χ0v) is 13.2. The molecule has 0 spiro atoms. The number of hydrogen-bond acceptors (Lipinski definition) is 4. The highest BCUT2D eigenvalue weighted by atomic mass is 79.9. The van der Waals surface area contributed by atoms with E-state index in [0.717, 1.165) is 40.2 Å². The summed E-state index contributed by atoms with van der Waals surface area (Å²) in [6.45, 7) is 4.00. The normalized spacial score (nSPS) is 14.3. The second kappa shape index (κ2) is 5.05. The SMILES string of the molecule is Cc1cccc(Nc2nc(C3CC3)nc(N)c2C)c1Br.